The average Bonchev–Trinajstić information content (AvgIpc) is 3.12. The molecule has 0 amide bonds. The molecule has 4 heterocycles. The van der Waals surface area contributed by atoms with E-state index in [0.29, 0.717) is 5.92 Å². The maximum Gasteiger partial charge on any atom is 0.176 e. The van der Waals surface area contributed by atoms with Crippen molar-refractivity contribution in [3.8, 4) is 0 Å². The fraction of sp³-hybridized carbons (Fsp3) is 0.375. The highest BCUT2D eigenvalue weighted by Crippen LogP contribution is 2.31. The van der Waals surface area contributed by atoms with Gasteiger partial charge >= 0.3 is 0 Å². The second-order valence-corrected chi connectivity index (χ2v) is 5.86. The predicted octanol–water partition coefficient (Wildman–Crippen LogP) is 2.13. The summed E-state index contributed by atoms with van der Waals surface area (Å²) in [4.78, 5) is 10.9. The van der Waals surface area contributed by atoms with Crippen LogP contribution in [0.15, 0.2) is 30.6 Å². The maximum atomic E-state index is 4.58. The van der Waals surface area contributed by atoms with E-state index in [1.54, 1.807) is 4.63 Å². The van der Waals surface area contributed by atoms with Crippen LogP contribution in [0.5, 0.6) is 0 Å². The molecule has 6 heteroatoms. The Morgan fingerprint density at radius 3 is 2.91 bits per heavy atom. The van der Waals surface area contributed by atoms with Gasteiger partial charge in [-0.3, -0.25) is 4.98 Å². The van der Waals surface area contributed by atoms with Crippen LogP contribution in [-0.4, -0.2) is 37.9 Å². The molecule has 1 aliphatic heterocycles. The molecule has 4 rings (SSSR count). The van der Waals surface area contributed by atoms with Gasteiger partial charge in [0.25, 0.3) is 0 Å². The molecule has 6 nitrogen and oxygen atoms in total. The average molecular weight is 294 g/mol. The summed E-state index contributed by atoms with van der Waals surface area (Å²) in [6, 6.07) is 6.09. The molecule has 1 unspecified atom stereocenters. The quantitative estimate of drug-likeness (QED) is 0.724. The van der Waals surface area contributed by atoms with E-state index in [-0.39, 0.29) is 0 Å². The molecule has 22 heavy (non-hydrogen) atoms. The van der Waals surface area contributed by atoms with Gasteiger partial charge in [0.05, 0.1) is 0 Å². The molecule has 0 aliphatic carbocycles. The number of hydrogen-bond donors (Lipinski definition) is 0. The minimum Gasteiger partial charge on any atom is -0.354 e. The lowest BCUT2D eigenvalue weighted by molar-refractivity contribution is 0.750. The topological polar surface area (TPSA) is 59.2 Å². The smallest absolute Gasteiger partial charge is 0.176 e. The number of aromatic nitrogens is 5. The van der Waals surface area contributed by atoms with Crippen LogP contribution in [0.4, 0.5) is 5.82 Å². The van der Waals surface area contributed by atoms with Gasteiger partial charge in [0, 0.05) is 31.4 Å². The van der Waals surface area contributed by atoms with Crippen LogP contribution in [0, 0.1) is 13.8 Å². The third kappa shape index (κ3) is 2.20. The minimum absolute atomic E-state index is 0.517. The Morgan fingerprint density at radius 1 is 1.14 bits per heavy atom. The highest BCUT2D eigenvalue weighted by atomic mass is 15.5. The van der Waals surface area contributed by atoms with Gasteiger partial charge in [-0.1, -0.05) is 0 Å². The summed E-state index contributed by atoms with van der Waals surface area (Å²) in [7, 11) is 0. The standard InChI is InChI=1S/C16H18N6/c1-11-5-7-17-9-14(11)13-6-8-21(10-13)16-4-3-15-18-12(2)19-22(15)20-16/h3-5,7,9,13H,6,8,10H2,1-2H3. The zero-order valence-electron chi connectivity index (χ0n) is 12.8. The van der Waals surface area contributed by atoms with E-state index in [1.807, 2.05) is 31.5 Å². The largest absolute Gasteiger partial charge is 0.354 e. The molecule has 3 aromatic rings. The molecule has 112 valence electrons. The minimum atomic E-state index is 0.517. The number of aryl methyl sites for hydroxylation is 2. The van der Waals surface area contributed by atoms with Gasteiger partial charge in [-0.15, -0.1) is 14.8 Å². The third-order valence-corrected chi connectivity index (χ3v) is 4.33. The lowest BCUT2D eigenvalue weighted by Crippen LogP contribution is -2.21. The van der Waals surface area contributed by atoms with Crippen LogP contribution < -0.4 is 4.90 Å². The summed E-state index contributed by atoms with van der Waals surface area (Å²) in [6.07, 6.45) is 4.98. The molecule has 0 saturated carbocycles. The van der Waals surface area contributed by atoms with Crippen molar-refractivity contribution >= 4 is 11.5 Å². The number of pyridine rings is 1. The summed E-state index contributed by atoms with van der Waals surface area (Å²) >= 11 is 0. The monoisotopic (exact) mass is 294 g/mol. The number of fused-ring (bicyclic) bond motifs is 1. The first-order valence-electron chi connectivity index (χ1n) is 7.57. The second-order valence-electron chi connectivity index (χ2n) is 5.86. The molecule has 1 atom stereocenters. The highest BCUT2D eigenvalue weighted by molar-refractivity contribution is 5.47. The Kier molecular flexibility index (Phi) is 3.03. The van der Waals surface area contributed by atoms with Gasteiger partial charge in [0.1, 0.15) is 5.82 Å². The van der Waals surface area contributed by atoms with Crippen LogP contribution in [0.25, 0.3) is 5.65 Å². The van der Waals surface area contributed by atoms with Crippen molar-refractivity contribution in [3.63, 3.8) is 0 Å². The molecule has 0 radical (unpaired) electrons. The van der Waals surface area contributed by atoms with E-state index < -0.39 is 0 Å². The van der Waals surface area contributed by atoms with Gasteiger partial charge in [-0.2, -0.15) is 0 Å². The van der Waals surface area contributed by atoms with Crippen LogP contribution >= 0.6 is 0 Å². The first-order valence-corrected chi connectivity index (χ1v) is 7.57. The zero-order chi connectivity index (χ0) is 15.1. The molecule has 1 saturated heterocycles. The van der Waals surface area contributed by atoms with Gasteiger partial charge < -0.3 is 4.90 Å². The molecule has 3 aromatic heterocycles. The molecule has 0 bridgehead atoms. The first kappa shape index (κ1) is 13.2. The highest BCUT2D eigenvalue weighted by Gasteiger charge is 2.26. The number of nitrogens with zero attached hydrogens (tertiary/aromatic N) is 6. The first-order chi connectivity index (χ1) is 10.7. The summed E-state index contributed by atoms with van der Waals surface area (Å²) in [6.45, 7) is 6.01. The van der Waals surface area contributed by atoms with E-state index in [4.69, 9.17) is 0 Å². The summed E-state index contributed by atoms with van der Waals surface area (Å²) in [5.41, 5.74) is 3.46. The van der Waals surface area contributed by atoms with Crippen LogP contribution in [-0.2, 0) is 0 Å². The molecular formula is C16H18N6. The van der Waals surface area contributed by atoms with Gasteiger partial charge in [-0.05, 0) is 49.6 Å². The Morgan fingerprint density at radius 2 is 2.05 bits per heavy atom. The summed E-state index contributed by atoms with van der Waals surface area (Å²) in [5.74, 6) is 2.22. The zero-order valence-corrected chi connectivity index (χ0v) is 12.8. The fourth-order valence-electron chi connectivity index (χ4n) is 3.17. The van der Waals surface area contributed by atoms with E-state index in [2.05, 4.69) is 38.1 Å². The predicted molar refractivity (Wildman–Crippen MR) is 84.1 cm³/mol. The van der Waals surface area contributed by atoms with Crippen molar-refractivity contribution in [1.29, 1.82) is 0 Å². The van der Waals surface area contributed by atoms with E-state index in [1.165, 1.54) is 11.1 Å². The van der Waals surface area contributed by atoms with Crippen molar-refractivity contribution in [2.45, 2.75) is 26.2 Å². The van der Waals surface area contributed by atoms with Crippen molar-refractivity contribution in [2.24, 2.45) is 0 Å². The van der Waals surface area contributed by atoms with Crippen LogP contribution in [0.1, 0.15) is 29.3 Å². The molecule has 0 spiro atoms. The normalized spacial score (nSPS) is 18.3. The molecule has 1 aliphatic rings. The van der Waals surface area contributed by atoms with E-state index in [9.17, 15) is 0 Å². The van der Waals surface area contributed by atoms with Crippen LogP contribution in [0.2, 0.25) is 0 Å². The lowest BCUT2D eigenvalue weighted by atomic mass is 9.96. The molecular weight excluding hydrogens is 276 g/mol. The summed E-state index contributed by atoms with van der Waals surface area (Å²) < 4.78 is 1.62. The van der Waals surface area contributed by atoms with Gasteiger partial charge in [0.2, 0.25) is 0 Å². The Bertz CT molecular complexity index is 824. The molecule has 0 N–H and O–H groups in total. The molecule has 1 fully saturated rings. The van der Waals surface area contributed by atoms with E-state index in [0.717, 1.165) is 36.8 Å². The second kappa shape index (κ2) is 5.05. The number of anilines is 1. The maximum absolute atomic E-state index is 4.58. The van der Waals surface area contributed by atoms with Gasteiger partial charge in [-0.25, -0.2) is 4.98 Å². The van der Waals surface area contributed by atoms with Crippen molar-refractivity contribution in [2.75, 3.05) is 18.0 Å². The van der Waals surface area contributed by atoms with Crippen molar-refractivity contribution in [1.82, 2.24) is 24.8 Å². The lowest BCUT2D eigenvalue weighted by Gasteiger charge is -2.17. The third-order valence-electron chi connectivity index (χ3n) is 4.33. The number of rotatable bonds is 2. The number of hydrogen-bond acceptors (Lipinski definition) is 5. The fourth-order valence-corrected chi connectivity index (χ4v) is 3.17. The van der Waals surface area contributed by atoms with Crippen molar-refractivity contribution < 1.29 is 0 Å². The Balaban J connectivity index is 1.60. The summed E-state index contributed by atoms with van der Waals surface area (Å²) in [5, 5.41) is 8.88. The van der Waals surface area contributed by atoms with Gasteiger partial charge in [0.15, 0.2) is 11.5 Å². The molecule has 0 aromatic carbocycles. The van der Waals surface area contributed by atoms with Crippen LogP contribution in [0.3, 0.4) is 0 Å². The van der Waals surface area contributed by atoms with E-state index >= 15 is 0 Å². The Labute approximate surface area is 128 Å². The van der Waals surface area contributed by atoms with Crippen molar-refractivity contribution in [3.05, 3.63) is 47.5 Å². The Hall–Kier alpha value is -2.50. The SMILES string of the molecule is Cc1nc2ccc(N3CCC(c4cnccc4C)C3)nn2n1.